The molecule has 18 heavy (non-hydrogen) atoms. The highest BCUT2D eigenvalue weighted by molar-refractivity contribution is 6.00. The summed E-state index contributed by atoms with van der Waals surface area (Å²) in [5, 5.41) is 11.3. The molecule has 0 unspecified atom stereocenters. The highest BCUT2D eigenvalue weighted by Gasteiger charge is 2.14. The van der Waals surface area contributed by atoms with Crippen molar-refractivity contribution in [3.63, 3.8) is 0 Å². The number of nitrogens with two attached hydrogens (primary N) is 1. The van der Waals surface area contributed by atoms with E-state index in [2.05, 4.69) is 5.32 Å². The molecule has 0 aliphatic carbocycles. The van der Waals surface area contributed by atoms with Crippen LogP contribution in [0.15, 0.2) is 12.1 Å². The fraction of sp³-hybridized carbons (Fsp3) is 0.417. The monoisotopic (exact) mass is 254 g/mol. The molecule has 0 bridgehead atoms. The first-order chi connectivity index (χ1) is 8.63. The molecule has 1 amide bonds. The average Bonchev–Trinajstić information content (AvgIpc) is 2.38. The maximum Gasteiger partial charge on any atom is 0.253 e. The highest BCUT2D eigenvalue weighted by Crippen LogP contribution is 2.31. The van der Waals surface area contributed by atoms with Crippen molar-refractivity contribution < 1.29 is 19.4 Å². The SMILES string of the molecule is COc1cc(N)c(C(=O)NCCCO)cc1OC. The molecule has 1 aromatic carbocycles. The number of aliphatic hydroxyl groups excluding tert-OH is 1. The Bertz CT molecular complexity index is 421. The number of hydrogen-bond donors (Lipinski definition) is 3. The molecule has 6 nitrogen and oxygen atoms in total. The van der Waals surface area contributed by atoms with Gasteiger partial charge in [0.15, 0.2) is 11.5 Å². The number of methoxy groups -OCH3 is 2. The predicted molar refractivity (Wildman–Crippen MR) is 68.0 cm³/mol. The molecular weight excluding hydrogens is 236 g/mol. The van der Waals surface area contributed by atoms with E-state index in [1.807, 2.05) is 0 Å². The fourth-order valence-electron chi connectivity index (χ4n) is 1.47. The molecule has 4 N–H and O–H groups in total. The normalized spacial score (nSPS) is 9.94. The minimum atomic E-state index is -0.304. The van der Waals surface area contributed by atoms with E-state index in [0.29, 0.717) is 35.7 Å². The van der Waals surface area contributed by atoms with E-state index in [-0.39, 0.29) is 12.5 Å². The standard InChI is InChI=1S/C12H18N2O4/c1-17-10-6-8(9(13)7-11(10)18-2)12(16)14-4-3-5-15/h6-7,15H,3-5,13H2,1-2H3,(H,14,16). The Balaban J connectivity index is 2.91. The fourth-order valence-corrected chi connectivity index (χ4v) is 1.47. The van der Waals surface area contributed by atoms with Gasteiger partial charge < -0.3 is 25.6 Å². The van der Waals surface area contributed by atoms with E-state index < -0.39 is 0 Å². The summed E-state index contributed by atoms with van der Waals surface area (Å²) in [5.74, 6) is 0.614. The van der Waals surface area contributed by atoms with Crippen LogP contribution < -0.4 is 20.5 Å². The molecule has 0 atom stereocenters. The third-order valence-electron chi connectivity index (χ3n) is 2.42. The quantitative estimate of drug-likeness (QED) is 0.504. The third kappa shape index (κ3) is 3.27. The van der Waals surface area contributed by atoms with E-state index in [1.54, 1.807) is 6.07 Å². The summed E-state index contributed by atoms with van der Waals surface area (Å²) in [6, 6.07) is 3.07. The van der Waals surface area contributed by atoms with Crippen LogP contribution in [-0.2, 0) is 0 Å². The van der Waals surface area contributed by atoms with Crippen LogP contribution in [0.3, 0.4) is 0 Å². The van der Waals surface area contributed by atoms with E-state index >= 15 is 0 Å². The van der Waals surface area contributed by atoms with Gasteiger partial charge >= 0.3 is 0 Å². The van der Waals surface area contributed by atoms with Gasteiger partial charge in [-0.1, -0.05) is 0 Å². The third-order valence-corrected chi connectivity index (χ3v) is 2.42. The number of ether oxygens (including phenoxy) is 2. The number of benzene rings is 1. The van der Waals surface area contributed by atoms with Crippen molar-refractivity contribution in [2.24, 2.45) is 0 Å². The van der Waals surface area contributed by atoms with Crippen LogP contribution in [0.1, 0.15) is 16.8 Å². The van der Waals surface area contributed by atoms with E-state index in [9.17, 15) is 4.79 Å². The molecule has 1 aromatic rings. The maximum atomic E-state index is 11.8. The molecule has 0 spiro atoms. The minimum absolute atomic E-state index is 0.0295. The minimum Gasteiger partial charge on any atom is -0.493 e. The van der Waals surface area contributed by atoms with Gasteiger partial charge in [-0.05, 0) is 12.5 Å². The van der Waals surface area contributed by atoms with Gasteiger partial charge in [-0.3, -0.25) is 4.79 Å². The van der Waals surface area contributed by atoms with Crippen LogP contribution in [0.25, 0.3) is 0 Å². The summed E-state index contributed by atoms with van der Waals surface area (Å²) < 4.78 is 10.2. The van der Waals surface area contributed by atoms with Gasteiger partial charge in [0.25, 0.3) is 5.91 Å². The lowest BCUT2D eigenvalue weighted by atomic mass is 10.1. The molecule has 0 aliphatic heterocycles. The number of hydrogen-bond acceptors (Lipinski definition) is 5. The first-order valence-corrected chi connectivity index (χ1v) is 5.54. The van der Waals surface area contributed by atoms with Crippen molar-refractivity contribution in [1.29, 1.82) is 0 Å². The van der Waals surface area contributed by atoms with Gasteiger partial charge in [0.05, 0.1) is 19.8 Å². The number of nitrogen functional groups attached to an aromatic ring is 1. The molecule has 0 radical (unpaired) electrons. The Kier molecular flexibility index (Phi) is 5.26. The molecule has 0 aromatic heterocycles. The van der Waals surface area contributed by atoms with Crippen LogP contribution >= 0.6 is 0 Å². The molecule has 0 saturated carbocycles. The zero-order valence-corrected chi connectivity index (χ0v) is 10.5. The van der Waals surface area contributed by atoms with Crippen LogP contribution in [0.4, 0.5) is 5.69 Å². The van der Waals surface area contributed by atoms with E-state index in [0.717, 1.165) is 0 Å². The zero-order valence-electron chi connectivity index (χ0n) is 10.5. The van der Waals surface area contributed by atoms with Crippen LogP contribution in [0, 0.1) is 0 Å². The second kappa shape index (κ2) is 6.70. The van der Waals surface area contributed by atoms with E-state index in [4.69, 9.17) is 20.3 Å². The smallest absolute Gasteiger partial charge is 0.253 e. The van der Waals surface area contributed by atoms with Crippen molar-refractivity contribution in [3.05, 3.63) is 17.7 Å². The number of aliphatic hydroxyl groups is 1. The Labute approximate surface area is 106 Å². The Morgan fingerprint density at radius 2 is 1.94 bits per heavy atom. The lowest BCUT2D eigenvalue weighted by Gasteiger charge is -2.12. The zero-order chi connectivity index (χ0) is 13.5. The highest BCUT2D eigenvalue weighted by atomic mass is 16.5. The van der Waals surface area contributed by atoms with Gasteiger partial charge in [0, 0.05) is 24.9 Å². The number of nitrogens with one attached hydrogen (secondary N) is 1. The van der Waals surface area contributed by atoms with Crippen molar-refractivity contribution in [2.45, 2.75) is 6.42 Å². The lowest BCUT2D eigenvalue weighted by molar-refractivity contribution is 0.0951. The number of rotatable bonds is 6. The summed E-state index contributed by atoms with van der Waals surface area (Å²) in [7, 11) is 2.99. The van der Waals surface area contributed by atoms with E-state index in [1.165, 1.54) is 20.3 Å². The number of amides is 1. The summed E-state index contributed by atoms with van der Waals surface area (Å²) in [4.78, 5) is 11.8. The van der Waals surface area contributed by atoms with Crippen molar-refractivity contribution in [3.8, 4) is 11.5 Å². The topological polar surface area (TPSA) is 93.8 Å². The largest absolute Gasteiger partial charge is 0.493 e. The lowest BCUT2D eigenvalue weighted by Crippen LogP contribution is -2.26. The van der Waals surface area contributed by atoms with Gasteiger partial charge in [0.1, 0.15) is 0 Å². The summed E-state index contributed by atoms with van der Waals surface area (Å²) >= 11 is 0. The molecule has 0 heterocycles. The number of carbonyl (C=O) groups excluding carboxylic acids is 1. The predicted octanol–water partition coefficient (Wildman–Crippen LogP) is 0.398. The molecular formula is C12H18N2O4. The number of anilines is 1. The first kappa shape index (κ1) is 14.1. The molecule has 6 heteroatoms. The van der Waals surface area contributed by atoms with Crippen molar-refractivity contribution in [1.82, 2.24) is 5.32 Å². The molecule has 0 aliphatic rings. The maximum absolute atomic E-state index is 11.8. The summed E-state index contributed by atoms with van der Waals surface area (Å²) in [6.45, 7) is 0.421. The summed E-state index contributed by atoms with van der Waals surface area (Å²) in [5.41, 5.74) is 6.42. The van der Waals surface area contributed by atoms with Gasteiger partial charge in [0.2, 0.25) is 0 Å². The van der Waals surface area contributed by atoms with Crippen LogP contribution in [0.5, 0.6) is 11.5 Å². The first-order valence-electron chi connectivity index (χ1n) is 5.54. The van der Waals surface area contributed by atoms with Gasteiger partial charge in [-0.25, -0.2) is 0 Å². The Morgan fingerprint density at radius 1 is 1.33 bits per heavy atom. The van der Waals surface area contributed by atoms with Gasteiger partial charge in [-0.2, -0.15) is 0 Å². The summed E-state index contributed by atoms with van der Waals surface area (Å²) in [6.07, 6.45) is 0.499. The second-order valence-electron chi connectivity index (χ2n) is 3.63. The van der Waals surface area contributed by atoms with Crippen LogP contribution in [0.2, 0.25) is 0 Å². The molecule has 1 rings (SSSR count). The molecule has 0 fully saturated rings. The van der Waals surface area contributed by atoms with Crippen molar-refractivity contribution >= 4 is 11.6 Å². The molecule has 100 valence electrons. The number of carbonyl (C=O) groups is 1. The average molecular weight is 254 g/mol. The molecule has 0 saturated heterocycles. The van der Waals surface area contributed by atoms with Gasteiger partial charge in [-0.15, -0.1) is 0 Å². The van der Waals surface area contributed by atoms with Crippen molar-refractivity contribution in [2.75, 3.05) is 33.1 Å². The Hall–Kier alpha value is -1.95. The second-order valence-corrected chi connectivity index (χ2v) is 3.63. The Morgan fingerprint density at radius 3 is 2.50 bits per heavy atom. The van der Waals surface area contributed by atoms with Crippen LogP contribution in [-0.4, -0.2) is 38.4 Å².